The van der Waals surface area contributed by atoms with Crippen molar-refractivity contribution in [1.82, 2.24) is 19.5 Å². The van der Waals surface area contributed by atoms with Crippen LogP contribution in [0.25, 0.3) is 5.65 Å². The molecular formula is C12H17N5. The number of likely N-dealkylation sites (tertiary alicyclic amines) is 1. The molecule has 1 fully saturated rings. The zero-order valence-corrected chi connectivity index (χ0v) is 10.0. The van der Waals surface area contributed by atoms with Gasteiger partial charge in [-0.15, -0.1) is 5.10 Å². The highest BCUT2D eigenvalue weighted by Gasteiger charge is 2.16. The first-order valence-electron chi connectivity index (χ1n) is 6.07. The van der Waals surface area contributed by atoms with Gasteiger partial charge in [0.2, 0.25) is 0 Å². The summed E-state index contributed by atoms with van der Waals surface area (Å²) in [6, 6.07) is 4.53. The van der Waals surface area contributed by atoms with Crippen LogP contribution in [0, 0.1) is 0 Å². The zero-order valence-electron chi connectivity index (χ0n) is 10.0. The number of piperidine rings is 1. The van der Waals surface area contributed by atoms with Crippen LogP contribution in [0.3, 0.4) is 0 Å². The second-order valence-corrected chi connectivity index (χ2v) is 4.67. The third-order valence-electron chi connectivity index (χ3n) is 3.33. The second-order valence-electron chi connectivity index (χ2n) is 4.67. The van der Waals surface area contributed by atoms with Gasteiger partial charge in [-0.05, 0) is 45.1 Å². The number of rotatable bonds is 2. The Morgan fingerprint density at radius 3 is 2.94 bits per heavy atom. The summed E-state index contributed by atoms with van der Waals surface area (Å²) in [6.07, 6.45) is 6.00. The lowest BCUT2D eigenvalue weighted by atomic mass is 10.1. The summed E-state index contributed by atoms with van der Waals surface area (Å²) >= 11 is 0. The maximum Gasteiger partial charge on any atom is 0.153 e. The van der Waals surface area contributed by atoms with Gasteiger partial charge in [0.15, 0.2) is 5.65 Å². The van der Waals surface area contributed by atoms with Crippen molar-refractivity contribution in [2.24, 2.45) is 0 Å². The van der Waals surface area contributed by atoms with Gasteiger partial charge in [-0.1, -0.05) is 0 Å². The van der Waals surface area contributed by atoms with Crippen molar-refractivity contribution >= 4 is 11.5 Å². The normalized spacial score (nSPS) is 18.6. The van der Waals surface area contributed by atoms with Gasteiger partial charge in [0, 0.05) is 18.4 Å². The lowest BCUT2D eigenvalue weighted by molar-refractivity contribution is 0.263. The molecule has 1 aliphatic rings. The Labute approximate surface area is 100 Å². The van der Waals surface area contributed by atoms with Crippen LogP contribution >= 0.6 is 0 Å². The average Bonchev–Trinajstić information content (AvgIpc) is 2.79. The Bertz CT molecular complexity index is 498. The molecule has 2 aromatic rings. The maximum absolute atomic E-state index is 4.48. The van der Waals surface area contributed by atoms with Crippen molar-refractivity contribution in [3.8, 4) is 0 Å². The first kappa shape index (κ1) is 10.5. The fourth-order valence-corrected chi connectivity index (χ4v) is 2.25. The molecule has 17 heavy (non-hydrogen) atoms. The van der Waals surface area contributed by atoms with Gasteiger partial charge in [0.1, 0.15) is 5.82 Å². The topological polar surface area (TPSA) is 45.5 Å². The molecule has 0 spiro atoms. The molecule has 0 bridgehead atoms. The van der Waals surface area contributed by atoms with Gasteiger partial charge in [-0.3, -0.25) is 0 Å². The van der Waals surface area contributed by atoms with Crippen LogP contribution in [0.15, 0.2) is 24.5 Å². The van der Waals surface area contributed by atoms with Crippen LogP contribution in [-0.2, 0) is 0 Å². The van der Waals surface area contributed by atoms with Crippen molar-refractivity contribution in [1.29, 1.82) is 0 Å². The second kappa shape index (κ2) is 4.33. The number of anilines is 1. The predicted octanol–water partition coefficient (Wildman–Crippen LogP) is 1.24. The largest absolute Gasteiger partial charge is 0.366 e. The SMILES string of the molecule is CN1CCC(Nc2ccc3nccn3n2)CC1. The molecular weight excluding hydrogens is 214 g/mol. The molecule has 0 unspecified atom stereocenters. The van der Waals surface area contributed by atoms with Gasteiger partial charge in [-0.25, -0.2) is 9.50 Å². The number of nitrogens with one attached hydrogen (secondary N) is 1. The Morgan fingerprint density at radius 2 is 2.12 bits per heavy atom. The molecule has 3 heterocycles. The Kier molecular flexibility index (Phi) is 2.68. The fourth-order valence-electron chi connectivity index (χ4n) is 2.25. The van der Waals surface area contributed by atoms with Gasteiger partial charge >= 0.3 is 0 Å². The lowest BCUT2D eigenvalue weighted by Crippen LogP contribution is -2.36. The molecule has 0 aliphatic carbocycles. The average molecular weight is 231 g/mol. The predicted molar refractivity (Wildman–Crippen MR) is 67.1 cm³/mol. The van der Waals surface area contributed by atoms with E-state index in [0.717, 1.165) is 24.6 Å². The van der Waals surface area contributed by atoms with E-state index in [1.165, 1.54) is 12.8 Å². The van der Waals surface area contributed by atoms with E-state index in [2.05, 4.69) is 27.3 Å². The van der Waals surface area contributed by atoms with E-state index in [-0.39, 0.29) is 0 Å². The number of nitrogens with zero attached hydrogens (tertiary/aromatic N) is 4. The summed E-state index contributed by atoms with van der Waals surface area (Å²) in [7, 11) is 2.17. The molecule has 2 aromatic heterocycles. The third kappa shape index (κ3) is 2.24. The van der Waals surface area contributed by atoms with Crippen molar-refractivity contribution in [2.45, 2.75) is 18.9 Å². The van der Waals surface area contributed by atoms with E-state index in [4.69, 9.17) is 0 Å². The minimum absolute atomic E-state index is 0.541. The van der Waals surface area contributed by atoms with Crippen LogP contribution < -0.4 is 5.32 Å². The first-order chi connectivity index (χ1) is 8.31. The lowest BCUT2D eigenvalue weighted by Gasteiger charge is -2.29. The smallest absolute Gasteiger partial charge is 0.153 e. The van der Waals surface area contributed by atoms with E-state index < -0.39 is 0 Å². The Hall–Kier alpha value is -1.62. The highest BCUT2D eigenvalue weighted by atomic mass is 15.3. The molecule has 0 amide bonds. The van der Waals surface area contributed by atoms with Crippen molar-refractivity contribution in [3.63, 3.8) is 0 Å². The Morgan fingerprint density at radius 1 is 1.29 bits per heavy atom. The van der Waals surface area contributed by atoms with E-state index >= 15 is 0 Å². The summed E-state index contributed by atoms with van der Waals surface area (Å²) < 4.78 is 1.80. The van der Waals surface area contributed by atoms with Crippen molar-refractivity contribution in [3.05, 3.63) is 24.5 Å². The molecule has 0 radical (unpaired) electrons. The molecule has 1 N–H and O–H groups in total. The molecule has 1 aliphatic heterocycles. The van der Waals surface area contributed by atoms with Gasteiger partial charge in [0.05, 0.1) is 0 Å². The Balaban J connectivity index is 1.71. The monoisotopic (exact) mass is 231 g/mol. The molecule has 5 heteroatoms. The quantitative estimate of drug-likeness (QED) is 0.844. The van der Waals surface area contributed by atoms with Crippen LogP contribution in [0.4, 0.5) is 5.82 Å². The minimum atomic E-state index is 0.541. The molecule has 0 aromatic carbocycles. The maximum atomic E-state index is 4.48. The van der Waals surface area contributed by atoms with E-state index in [1.54, 1.807) is 10.7 Å². The zero-order chi connectivity index (χ0) is 11.7. The van der Waals surface area contributed by atoms with E-state index in [9.17, 15) is 0 Å². The van der Waals surface area contributed by atoms with Gasteiger partial charge in [0.25, 0.3) is 0 Å². The number of hydrogen-bond donors (Lipinski definition) is 1. The van der Waals surface area contributed by atoms with Crippen LogP contribution in [0.2, 0.25) is 0 Å². The summed E-state index contributed by atoms with van der Waals surface area (Å²) in [6.45, 7) is 2.32. The van der Waals surface area contributed by atoms with Crippen LogP contribution in [-0.4, -0.2) is 45.7 Å². The first-order valence-corrected chi connectivity index (χ1v) is 6.07. The molecule has 3 rings (SSSR count). The van der Waals surface area contributed by atoms with E-state index in [0.29, 0.717) is 6.04 Å². The summed E-state index contributed by atoms with van der Waals surface area (Å²) in [5, 5.41) is 7.97. The highest BCUT2D eigenvalue weighted by molar-refractivity contribution is 5.44. The summed E-state index contributed by atoms with van der Waals surface area (Å²) in [4.78, 5) is 6.55. The minimum Gasteiger partial charge on any atom is -0.366 e. The third-order valence-corrected chi connectivity index (χ3v) is 3.33. The molecule has 90 valence electrons. The molecule has 0 atom stereocenters. The standard InChI is InChI=1S/C12H17N5/c1-16-7-4-10(5-8-16)14-11-2-3-12-13-6-9-17(12)15-11/h2-3,6,9-10H,4-5,7-8H2,1H3,(H,14,15). The molecule has 5 nitrogen and oxygen atoms in total. The number of aromatic nitrogens is 3. The van der Waals surface area contributed by atoms with E-state index in [1.807, 2.05) is 18.3 Å². The van der Waals surface area contributed by atoms with Gasteiger partial charge < -0.3 is 10.2 Å². The summed E-state index contributed by atoms with van der Waals surface area (Å²) in [5.41, 5.74) is 0.888. The number of imidazole rings is 1. The highest BCUT2D eigenvalue weighted by Crippen LogP contribution is 2.14. The van der Waals surface area contributed by atoms with Crippen LogP contribution in [0.1, 0.15) is 12.8 Å². The summed E-state index contributed by atoms with van der Waals surface area (Å²) in [5.74, 6) is 0.935. The van der Waals surface area contributed by atoms with Gasteiger partial charge in [-0.2, -0.15) is 0 Å². The molecule has 1 saturated heterocycles. The van der Waals surface area contributed by atoms with Crippen molar-refractivity contribution in [2.75, 3.05) is 25.5 Å². The molecule has 0 saturated carbocycles. The van der Waals surface area contributed by atoms with Crippen LogP contribution in [0.5, 0.6) is 0 Å². The van der Waals surface area contributed by atoms with Crippen molar-refractivity contribution < 1.29 is 0 Å². The number of hydrogen-bond acceptors (Lipinski definition) is 4. The number of fused-ring (bicyclic) bond motifs is 1. The fraction of sp³-hybridized carbons (Fsp3) is 0.500.